The van der Waals surface area contributed by atoms with E-state index >= 15 is 0 Å². The standard InChI is InChI=1S/C22H24FNO2S/c1-15(18-7-10-22(23)20(13-18)14-24)11-16-3-4-19(12-16)17-5-8-21(9-6-17)27(2,25)26/h5-10,13,15-16,19H,3-4,11-12H2,1-2H3/t15-,16?,19-/m0/s1. The van der Waals surface area contributed by atoms with Crippen LogP contribution in [-0.4, -0.2) is 14.7 Å². The molecule has 1 unspecified atom stereocenters. The molecular formula is C22H24FNO2S. The maximum Gasteiger partial charge on any atom is 0.175 e. The van der Waals surface area contributed by atoms with Gasteiger partial charge in [0.05, 0.1) is 10.5 Å². The molecule has 0 bridgehead atoms. The number of sulfone groups is 1. The Hall–Kier alpha value is -2.19. The van der Waals surface area contributed by atoms with Crippen molar-refractivity contribution in [2.24, 2.45) is 5.92 Å². The van der Waals surface area contributed by atoms with E-state index in [1.807, 2.05) is 18.2 Å². The Morgan fingerprint density at radius 2 is 1.89 bits per heavy atom. The van der Waals surface area contributed by atoms with E-state index in [1.165, 1.54) is 17.9 Å². The van der Waals surface area contributed by atoms with E-state index < -0.39 is 15.7 Å². The zero-order chi connectivity index (χ0) is 19.6. The van der Waals surface area contributed by atoms with Crippen molar-refractivity contribution in [2.75, 3.05) is 6.26 Å². The first kappa shape index (κ1) is 19.6. The van der Waals surface area contributed by atoms with E-state index in [1.54, 1.807) is 24.3 Å². The van der Waals surface area contributed by atoms with Crippen LogP contribution < -0.4 is 0 Å². The summed E-state index contributed by atoms with van der Waals surface area (Å²) in [7, 11) is -3.16. The predicted octanol–water partition coefficient (Wildman–Crippen LogP) is 5.18. The number of nitriles is 1. The third kappa shape index (κ3) is 4.56. The zero-order valence-corrected chi connectivity index (χ0v) is 16.5. The van der Waals surface area contributed by atoms with Crippen molar-refractivity contribution in [2.45, 2.75) is 49.3 Å². The van der Waals surface area contributed by atoms with Crippen molar-refractivity contribution >= 4 is 9.84 Å². The first-order valence-electron chi connectivity index (χ1n) is 9.27. The molecular weight excluding hydrogens is 361 g/mol. The molecule has 0 N–H and O–H groups in total. The lowest BCUT2D eigenvalue weighted by Crippen LogP contribution is -2.04. The smallest absolute Gasteiger partial charge is 0.175 e. The van der Waals surface area contributed by atoms with Gasteiger partial charge in [-0.2, -0.15) is 5.26 Å². The molecule has 3 nitrogen and oxygen atoms in total. The molecule has 142 valence electrons. The van der Waals surface area contributed by atoms with Gasteiger partial charge in [0.1, 0.15) is 11.9 Å². The molecule has 0 aliphatic heterocycles. The van der Waals surface area contributed by atoms with Crippen LogP contribution in [0.1, 0.15) is 61.1 Å². The van der Waals surface area contributed by atoms with Crippen LogP contribution in [0.4, 0.5) is 4.39 Å². The van der Waals surface area contributed by atoms with Crippen LogP contribution in [0.25, 0.3) is 0 Å². The average molecular weight is 386 g/mol. The van der Waals surface area contributed by atoms with Gasteiger partial charge in [0.25, 0.3) is 0 Å². The second-order valence-electron chi connectivity index (χ2n) is 7.71. The molecule has 0 aromatic heterocycles. The fourth-order valence-corrected chi connectivity index (χ4v) is 4.78. The van der Waals surface area contributed by atoms with E-state index in [4.69, 9.17) is 5.26 Å². The van der Waals surface area contributed by atoms with Crippen molar-refractivity contribution in [3.05, 3.63) is 65.0 Å². The zero-order valence-electron chi connectivity index (χ0n) is 15.7. The Balaban J connectivity index is 1.63. The molecule has 1 fully saturated rings. The van der Waals surface area contributed by atoms with Crippen molar-refractivity contribution in [3.8, 4) is 6.07 Å². The van der Waals surface area contributed by atoms with Crippen LogP contribution >= 0.6 is 0 Å². The Kier molecular flexibility index (Phi) is 5.67. The van der Waals surface area contributed by atoms with Crippen molar-refractivity contribution in [1.82, 2.24) is 0 Å². The molecule has 2 aromatic rings. The lowest BCUT2D eigenvalue weighted by molar-refractivity contribution is 0.454. The molecule has 3 rings (SSSR count). The molecule has 27 heavy (non-hydrogen) atoms. The van der Waals surface area contributed by atoms with Crippen LogP contribution in [0.2, 0.25) is 0 Å². The van der Waals surface area contributed by atoms with E-state index in [0.29, 0.717) is 16.7 Å². The van der Waals surface area contributed by atoms with Gasteiger partial charge in [0, 0.05) is 6.26 Å². The average Bonchev–Trinajstić information content (AvgIpc) is 3.10. The van der Waals surface area contributed by atoms with Crippen LogP contribution in [0.5, 0.6) is 0 Å². The van der Waals surface area contributed by atoms with E-state index in [9.17, 15) is 12.8 Å². The topological polar surface area (TPSA) is 57.9 Å². The van der Waals surface area contributed by atoms with Gasteiger partial charge >= 0.3 is 0 Å². The molecule has 1 aliphatic rings. The van der Waals surface area contributed by atoms with Gasteiger partial charge in [-0.15, -0.1) is 0 Å². The molecule has 0 spiro atoms. The van der Waals surface area contributed by atoms with Gasteiger partial charge in [0.2, 0.25) is 0 Å². The van der Waals surface area contributed by atoms with Gasteiger partial charge in [-0.3, -0.25) is 0 Å². The summed E-state index contributed by atoms with van der Waals surface area (Å²) in [6.45, 7) is 2.13. The number of rotatable bonds is 5. The third-order valence-electron chi connectivity index (χ3n) is 5.69. The highest BCUT2D eigenvalue weighted by Crippen LogP contribution is 2.42. The Morgan fingerprint density at radius 1 is 1.19 bits per heavy atom. The van der Waals surface area contributed by atoms with E-state index in [2.05, 4.69) is 6.92 Å². The molecule has 2 aromatic carbocycles. The van der Waals surface area contributed by atoms with E-state index in [0.717, 1.165) is 31.2 Å². The number of hydrogen-bond donors (Lipinski definition) is 0. The Bertz CT molecular complexity index is 961. The summed E-state index contributed by atoms with van der Waals surface area (Å²) in [5.74, 6) is 0.842. The van der Waals surface area contributed by atoms with Crippen LogP contribution in [0.15, 0.2) is 47.4 Å². The highest BCUT2D eigenvalue weighted by molar-refractivity contribution is 7.90. The summed E-state index contributed by atoms with van der Waals surface area (Å²) < 4.78 is 36.7. The molecule has 1 saturated carbocycles. The van der Waals surface area contributed by atoms with Crippen LogP contribution in [0.3, 0.4) is 0 Å². The first-order chi connectivity index (χ1) is 12.8. The fraction of sp³-hybridized carbons (Fsp3) is 0.409. The molecule has 0 radical (unpaired) electrons. The Morgan fingerprint density at radius 3 is 2.52 bits per heavy atom. The summed E-state index contributed by atoms with van der Waals surface area (Å²) in [5.41, 5.74) is 2.31. The molecule has 0 saturated heterocycles. The van der Waals surface area contributed by atoms with Crippen LogP contribution in [0, 0.1) is 23.1 Å². The van der Waals surface area contributed by atoms with Crippen LogP contribution in [-0.2, 0) is 9.84 Å². The second-order valence-corrected chi connectivity index (χ2v) is 9.72. The summed E-state index contributed by atoms with van der Waals surface area (Å²) in [6, 6.07) is 14.0. The molecule has 3 atom stereocenters. The first-order valence-corrected chi connectivity index (χ1v) is 11.2. The molecule has 1 aliphatic carbocycles. The fourth-order valence-electron chi connectivity index (χ4n) is 4.15. The minimum atomic E-state index is -3.16. The van der Waals surface area contributed by atoms with Crippen molar-refractivity contribution < 1.29 is 12.8 Å². The number of halogens is 1. The lowest BCUT2D eigenvalue weighted by Gasteiger charge is -2.18. The normalized spacial score (nSPS) is 21.0. The third-order valence-corrected chi connectivity index (χ3v) is 6.82. The maximum atomic E-state index is 13.5. The second kappa shape index (κ2) is 7.82. The molecule has 5 heteroatoms. The van der Waals surface area contributed by atoms with Gasteiger partial charge in [-0.25, -0.2) is 12.8 Å². The lowest BCUT2D eigenvalue weighted by atomic mass is 9.87. The highest BCUT2D eigenvalue weighted by atomic mass is 32.2. The summed E-state index contributed by atoms with van der Waals surface area (Å²) in [6.07, 6.45) is 5.54. The summed E-state index contributed by atoms with van der Waals surface area (Å²) >= 11 is 0. The summed E-state index contributed by atoms with van der Waals surface area (Å²) in [4.78, 5) is 0.360. The number of benzene rings is 2. The van der Waals surface area contributed by atoms with Gasteiger partial charge < -0.3 is 0 Å². The van der Waals surface area contributed by atoms with Crippen molar-refractivity contribution in [1.29, 1.82) is 5.26 Å². The predicted molar refractivity (Wildman–Crippen MR) is 104 cm³/mol. The van der Waals surface area contributed by atoms with Gasteiger partial charge in [-0.05, 0) is 78.8 Å². The minimum Gasteiger partial charge on any atom is -0.224 e. The Labute approximate surface area is 160 Å². The highest BCUT2D eigenvalue weighted by Gasteiger charge is 2.27. The number of nitrogens with zero attached hydrogens (tertiary/aromatic N) is 1. The minimum absolute atomic E-state index is 0.106. The quantitative estimate of drug-likeness (QED) is 0.713. The largest absolute Gasteiger partial charge is 0.224 e. The van der Waals surface area contributed by atoms with Crippen molar-refractivity contribution in [3.63, 3.8) is 0 Å². The monoisotopic (exact) mass is 385 g/mol. The molecule has 0 heterocycles. The SMILES string of the molecule is C[C@@H](CC1CC[C@H](c2ccc(S(C)(=O)=O)cc2)C1)c1ccc(F)c(C#N)c1. The maximum absolute atomic E-state index is 13.5. The number of hydrogen-bond acceptors (Lipinski definition) is 3. The van der Waals surface area contributed by atoms with Gasteiger partial charge in [0.15, 0.2) is 9.84 Å². The van der Waals surface area contributed by atoms with Gasteiger partial charge in [-0.1, -0.05) is 25.1 Å². The molecule has 0 amide bonds. The van der Waals surface area contributed by atoms with E-state index in [-0.39, 0.29) is 11.5 Å². The summed E-state index contributed by atoms with van der Waals surface area (Å²) in [5, 5.41) is 9.01.